The third-order valence-corrected chi connectivity index (χ3v) is 4.63. The minimum Gasteiger partial charge on any atom is -0.491 e. The summed E-state index contributed by atoms with van der Waals surface area (Å²) in [6.07, 6.45) is 6.85. The van der Waals surface area contributed by atoms with E-state index in [4.69, 9.17) is 4.74 Å². The van der Waals surface area contributed by atoms with E-state index in [1.807, 2.05) is 18.0 Å². The van der Waals surface area contributed by atoms with E-state index in [2.05, 4.69) is 9.55 Å². The van der Waals surface area contributed by atoms with E-state index in [1.54, 1.807) is 24.4 Å². The van der Waals surface area contributed by atoms with Gasteiger partial charge in [-0.3, -0.25) is 4.79 Å². The molecule has 1 fully saturated rings. The first-order valence-electron chi connectivity index (χ1n) is 8.79. The maximum absolute atomic E-state index is 13.5. The predicted octanol–water partition coefficient (Wildman–Crippen LogP) is 3.35. The molecule has 0 aliphatic carbocycles. The Bertz CT molecular complexity index is 716. The molecule has 1 unspecified atom stereocenters. The monoisotopic (exact) mass is 345 g/mol. The Morgan fingerprint density at radius 1 is 1.40 bits per heavy atom. The van der Waals surface area contributed by atoms with Crippen molar-refractivity contribution in [1.29, 1.82) is 0 Å². The number of aryl methyl sites for hydroxylation is 1. The zero-order chi connectivity index (χ0) is 17.6. The van der Waals surface area contributed by atoms with Crippen LogP contribution in [-0.4, -0.2) is 40.1 Å². The van der Waals surface area contributed by atoms with Crippen molar-refractivity contribution in [3.8, 4) is 5.75 Å². The molecule has 2 aromatic rings. The van der Waals surface area contributed by atoms with Crippen molar-refractivity contribution in [3.63, 3.8) is 0 Å². The molecule has 1 saturated heterocycles. The lowest BCUT2D eigenvalue weighted by Crippen LogP contribution is -2.40. The van der Waals surface area contributed by atoms with Gasteiger partial charge in [-0.2, -0.15) is 0 Å². The quantitative estimate of drug-likeness (QED) is 0.754. The Morgan fingerprint density at radius 3 is 3.00 bits per heavy atom. The molecule has 6 heteroatoms. The van der Waals surface area contributed by atoms with E-state index in [0.29, 0.717) is 25.5 Å². The van der Waals surface area contributed by atoms with Gasteiger partial charge in [0.1, 0.15) is 5.82 Å². The van der Waals surface area contributed by atoms with Gasteiger partial charge in [-0.15, -0.1) is 0 Å². The van der Waals surface area contributed by atoms with Gasteiger partial charge in [-0.05, 0) is 38.3 Å². The second-order valence-corrected chi connectivity index (χ2v) is 6.40. The number of ether oxygens (including phenoxy) is 1. The van der Waals surface area contributed by atoms with Crippen LogP contribution in [0.5, 0.6) is 5.75 Å². The summed E-state index contributed by atoms with van der Waals surface area (Å²) < 4.78 is 21.0. The van der Waals surface area contributed by atoms with Crippen molar-refractivity contribution in [2.75, 3.05) is 19.7 Å². The number of carbonyl (C=O) groups excluding carboxylic acids is 1. The number of para-hydroxylation sites is 1. The molecule has 134 valence electrons. The van der Waals surface area contributed by atoms with Crippen LogP contribution in [0.3, 0.4) is 0 Å². The number of aromatic nitrogens is 2. The number of piperidine rings is 1. The zero-order valence-electron chi connectivity index (χ0n) is 14.5. The molecule has 0 saturated carbocycles. The van der Waals surface area contributed by atoms with Crippen molar-refractivity contribution >= 4 is 5.91 Å². The van der Waals surface area contributed by atoms with Crippen LogP contribution in [0.15, 0.2) is 36.7 Å². The van der Waals surface area contributed by atoms with Crippen LogP contribution in [0.2, 0.25) is 0 Å². The van der Waals surface area contributed by atoms with Crippen LogP contribution in [0.25, 0.3) is 0 Å². The molecule has 2 heterocycles. The Morgan fingerprint density at radius 2 is 2.24 bits per heavy atom. The SMILES string of the molecule is Cc1nccn1C1CCCN(C(=O)CCCOc2ccccc2F)C1. The summed E-state index contributed by atoms with van der Waals surface area (Å²) in [4.78, 5) is 18.6. The van der Waals surface area contributed by atoms with Gasteiger partial charge >= 0.3 is 0 Å². The van der Waals surface area contributed by atoms with Crippen molar-refractivity contribution in [2.45, 2.75) is 38.6 Å². The Kier molecular flexibility index (Phi) is 5.68. The molecular formula is C19H24FN3O2. The molecule has 0 spiro atoms. The van der Waals surface area contributed by atoms with Crippen LogP contribution in [0.1, 0.15) is 37.5 Å². The molecule has 1 aliphatic rings. The molecule has 1 aromatic carbocycles. The van der Waals surface area contributed by atoms with Gasteiger partial charge in [0.25, 0.3) is 0 Å². The average molecular weight is 345 g/mol. The number of amides is 1. The third-order valence-electron chi connectivity index (χ3n) is 4.63. The number of carbonyl (C=O) groups is 1. The summed E-state index contributed by atoms with van der Waals surface area (Å²) in [7, 11) is 0. The third kappa shape index (κ3) is 4.38. The van der Waals surface area contributed by atoms with Gasteiger partial charge < -0.3 is 14.2 Å². The maximum atomic E-state index is 13.5. The number of nitrogens with zero attached hydrogens (tertiary/aromatic N) is 3. The van der Waals surface area contributed by atoms with Crippen molar-refractivity contribution in [2.24, 2.45) is 0 Å². The largest absolute Gasteiger partial charge is 0.491 e. The maximum Gasteiger partial charge on any atom is 0.222 e. The topological polar surface area (TPSA) is 47.4 Å². The highest BCUT2D eigenvalue weighted by Gasteiger charge is 2.25. The molecule has 1 aliphatic heterocycles. The van der Waals surface area contributed by atoms with Crippen LogP contribution >= 0.6 is 0 Å². The first-order valence-corrected chi connectivity index (χ1v) is 8.79. The smallest absolute Gasteiger partial charge is 0.222 e. The van der Waals surface area contributed by atoms with Crippen LogP contribution in [0, 0.1) is 12.7 Å². The van der Waals surface area contributed by atoms with E-state index < -0.39 is 0 Å². The number of hydrogen-bond donors (Lipinski definition) is 0. The van der Waals surface area contributed by atoms with Crippen LogP contribution in [0.4, 0.5) is 4.39 Å². The summed E-state index contributed by atoms with van der Waals surface area (Å²) >= 11 is 0. The predicted molar refractivity (Wildman–Crippen MR) is 92.9 cm³/mol. The van der Waals surface area contributed by atoms with Crippen LogP contribution < -0.4 is 4.74 Å². The Hall–Kier alpha value is -2.37. The minimum absolute atomic E-state index is 0.139. The van der Waals surface area contributed by atoms with Gasteiger partial charge in [0.05, 0.1) is 12.6 Å². The molecule has 0 radical (unpaired) electrons. The van der Waals surface area contributed by atoms with Crippen molar-refractivity contribution in [3.05, 3.63) is 48.3 Å². The number of imidazole rings is 1. The highest BCUT2D eigenvalue weighted by Crippen LogP contribution is 2.23. The van der Waals surface area contributed by atoms with Gasteiger partial charge in [-0.1, -0.05) is 12.1 Å². The second-order valence-electron chi connectivity index (χ2n) is 6.40. The molecule has 0 bridgehead atoms. The van der Waals surface area contributed by atoms with E-state index in [1.165, 1.54) is 6.07 Å². The van der Waals surface area contributed by atoms with Crippen molar-refractivity contribution in [1.82, 2.24) is 14.5 Å². The molecule has 3 rings (SSSR count). The summed E-state index contributed by atoms with van der Waals surface area (Å²) in [5.74, 6) is 0.990. The van der Waals surface area contributed by atoms with E-state index in [9.17, 15) is 9.18 Å². The van der Waals surface area contributed by atoms with Crippen molar-refractivity contribution < 1.29 is 13.9 Å². The lowest BCUT2D eigenvalue weighted by atomic mass is 10.0. The lowest BCUT2D eigenvalue weighted by Gasteiger charge is -2.34. The van der Waals surface area contributed by atoms with Gasteiger partial charge in [0, 0.05) is 31.9 Å². The number of halogens is 1. The van der Waals surface area contributed by atoms with Crippen LogP contribution in [-0.2, 0) is 4.79 Å². The van der Waals surface area contributed by atoms with E-state index in [-0.39, 0.29) is 17.5 Å². The van der Waals surface area contributed by atoms with Gasteiger partial charge in [0.15, 0.2) is 11.6 Å². The molecule has 25 heavy (non-hydrogen) atoms. The minimum atomic E-state index is -0.372. The fraction of sp³-hybridized carbons (Fsp3) is 0.474. The fourth-order valence-corrected chi connectivity index (χ4v) is 3.31. The highest BCUT2D eigenvalue weighted by atomic mass is 19.1. The normalized spacial score (nSPS) is 17.5. The number of likely N-dealkylation sites (tertiary alicyclic amines) is 1. The van der Waals surface area contributed by atoms with E-state index in [0.717, 1.165) is 31.8 Å². The standard InChI is InChI=1S/C19H24FN3O2/c1-15-21-10-12-23(15)16-6-4-11-22(14-16)19(24)9-5-13-25-18-8-3-2-7-17(18)20/h2-3,7-8,10,12,16H,4-6,9,11,13-14H2,1H3. The molecule has 5 nitrogen and oxygen atoms in total. The Balaban J connectivity index is 1.45. The summed E-state index contributed by atoms with van der Waals surface area (Å²) in [6, 6.07) is 6.62. The summed E-state index contributed by atoms with van der Waals surface area (Å²) in [5, 5.41) is 0. The average Bonchev–Trinajstić information content (AvgIpc) is 3.06. The first-order chi connectivity index (χ1) is 12.1. The number of benzene rings is 1. The first kappa shape index (κ1) is 17.5. The van der Waals surface area contributed by atoms with Gasteiger partial charge in [-0.25, -0.2) is 9.37 Å². The summed E-state index contributed by atoms with van der Waals surface area (Å²) in [6.45, 7) is 3.85. The lowest BCUT2D eigenvalue weighted by molar-refractivity contribution is -0.133. The molecule has 0 N–H and O–H groups in total. The molecule has 1 atom stereocenters. The second kappa shape index (κ2) is 8.14. The fourth-order valence-electron chi connectivity index (χ4n) is 3.31. The van der Waals surface area contributed by atoms with E-state index >= 15 is 0 Å². The molecule has 1 aromatic heterocycles. The Labute approximate surface area is 147 Å². The highest BCUT2D eigenvalue weighted by molar-refractivity contribution is 5.76. The number of hydrogen-bond acceptors (Lipinski definition) is 3. The van der Waals surface area contributed by atoms with Gasteiger partial charge in [0.2, 0.25) is 5.91 Å². The molecular weight excluding hydrogens is 321 g/mol. The summed E-state index contributed by atoms with van der Waals surface area (Å²) in [5.41, 5.74) is 0. The number of rotatable bonds is 6. The zero-order valence-corrected chi connectivity index (χ0v) is 14.5. The molecule has 1 amide bonds.